The first kappa shape index (κ1) is 27.0. The molecular formula is C29H32FN3O5. The summed E-state index contributed by atoms with van der Waals surface area (Å²) in [7, 11) is 0. The fraction of sp³-hybridized carbons (Fsp3) is 0.379. The van der Waals surface area contributed by atoms with Gasteiger partial charge in [0.2, 0.25) is 0 Å². The average molecular weight is 522 g/mol. The maximum Gasteiger partial charge on any atom is 0.305 e. The Balaban J connectivity index is 1.40. The number of unbranched alkanes of at least 4 members (excludes halogenated alkanes) is 2. The van der Waals surface area contributed by atoms with Crippen molar-refractivity contribution in [1.82, 2.24) is 14.4 Å². The lowest BCUT2D eigenvalue weighted by Gasteiger charge is -2.34. The predicted molar refractivity (Wildman–Crippen MR) is 140 cm³/mol. The van der Waals surface area contributed by atoms with Crippen molar-refractivity contribution in [1.29, 1.82) is 0 Å². The van der Waals surface area contributed by atoms with E-state index in [1.54, 1.807) is 59.0 Å². The number of fused-ring (bicyclic) bond motifs is 1. The molecule has 38 heavy (non-hydrogen) atoms. The summed E-state index contributed by atoms with van der Waals surface area (Å²) in [6, 6.07) is 13.5. The van der Waals surface area contributed by atoms with Gasteiger partial charge < -0.3 is 19.1 Å². The van der Waals surface area contributed by atoms with E-state index >= 15 is 0 Å². The lowest BCUT2D eigenvalue weighted by molar-refractivity contribution is -0.143. The van der Waals surface area contributed by atoms with Crippen LogP contribution in [-0.4, -0.2) is 70.7 Å². The molecule has 0 saturated carbocycles. The maximum atomic E-state index is 14.8. The number of aryl methyl sites for hydroxylation is 1. The highest BCUT2D eigenvalue weighted by Gasteiger charge is 2.31. The van der Waals surface area contributed by atoms with Crippen LogP contribution in [0.25, 0.3) is 10.9 Å². The third-order valence-corrected chi connectivity index (χ3v) is 6.75. The van der Waals surface area contributed by atoms with E-state index in [4.69, 9.17) is 4.74 Å². The molecule has 0 atom stereocenters. The number of piperazine rings is 1. The van der Waals surface area contributed by atoms with E-state index in [2.05, 4.69) is 0 Å². The van der Waals surface area contributed by atoms with Gasteiger partial charge in [-0.15, -0.1) is 0 Å². The maximum absolute atomic E-state index is 14.8. The zero-order chi connectivity index (χ0) is 27.1. The minimum absolute atomic E-state index is 0.0393. The summed E-state index contributed by atoms with van der Waals surface area (Å²) in [5.74, 6) is -2.36. The number of amides is 2. The van der Waals surface area contributed by atoms with Crippen LogP contribution in [-0.2, 0) is 20.9 Å². The molecule has 1 fully saturated rings. The summed E-state index contributed by atoms with van der Waals surface area (Å²) in [6.45, 7) is 3.73. The molecule has 1 aromatic heterocycles. The average Bonchev–Trinajstić information content (AvgIpc) is 3.32. The molecule has 1 saturated heterocycles. The third-order valence-electron chi connectivity index (χ3n) is 6.75. The van der Waals surface area contributed by atoms with Crippen LogP contribution in [0.2, 0.25) is 0 Å². The molecule has 1 aliphatic heterocycles. The summed E-state index contributed by atoms with van der Waals surface area (Å²) in [4.78, 5) is 53.7. The van der Waals surface area contributed by atoms with Crippen LogP contribution in [0.4, 0.5) is 4.39 Å². The molecule has 2 amide bonds. The van der Waals surface area contributed by atoms with Crippen LogP contribution in [0.5, 0.6) is 0 Å². The number of ether oxygens (including phenoxy) is 1. The van der Waals surface area contributed by atoms with Crippen molar-refractivity contribution >= 4 is 34.5 Å². The van der Waals surface area contributed by atoms with Gasteiger partial charge in [-0.05, 0) is 44.0 Å². The van der Waals surface area contributed by atoms with Crippen molar-refractivity contribution in [3.63, 3.8) is 0 Å². The summed E-state index contributed by atoms with van der Waals surface area (Å²) >= 11 is 0. The van der Waals surface area contributed by atoms with Gasteiger partial charge in [0.15, 0.2) is 0 Å². The molecule has 0 unspecified atom stereocenters. The van der Waals surface area contributed by atoms with Crippen LogP contribution < -0.4 is 0 Å². The quantitative estimate of drug-likeness (QED) is 0.174. The Morgan fingerprint density at radius 2 is 1.58 bits per heavy atom. The highest BCUT2D eigenvalue weighted by Crippen LogP contribution is 2.26. The van der Waals surface area contributed by atoms with Crippen LogP contribution in [0.15, 0.2) is 54.7 Å². The minimum Gasteiger partial charge on any atom is -0.466 e. The number of carbonyl (C=O) groups excluding carboxylic acids is 4. The molecule has 0 spiro atoms. The number of hydrogen-bond donors (Lipinski definition) is 0. The molecule has 0 N–H and O–H groups in total. The Kier molecular flexibility index (Phi) is 8.89. The first-order chi connectivity index (χ1) is 18.4. The topological polar surface area (TPSA) is 88.9 Å². The number of Topliss-reactive ketones (excluding diaryl/α,β-unsaturated/α-hetero) is 1. The van der Waals surface area contributed by atoms with Gasteiger partial charge in [-0.3, -0.25) is 19.2 Å². The fourth-order valence-corrected chi connectivity index (χ4v) is 4.76. The predicted octanol–water partition coefficient (Wildman–Crippen LogP) is 4.07. The van der Waals surface area contributed by atoms with Crippen molar-refractivity contribution < 1.29 is 28.3 Å². The molecule has 8 nitrogen and oxygen atoms in total. The second kappa shape index (κ2) is 12.5. The van der Waals surface area contributed by atoms with Crippen LogP contribution in [0.3, 0.4) is 0 Å². The van der Waals surface area contributed by atoms with Gasteiger partial charge in [-0.2, -0.15) is 0 Å². The number of halogens is 1. The van der Waals surface area contributed by atoms with E-state index in [-0.39, 0.29) is 35.9 Å². The molecule has 9 heteroatoms. The third kappa shape index (κ3) is 6.10. The Hall–Kier alpha value is -4.01. The van der Waals surface area contributed by atoms with Crippen molar-refractivity contribution in [3.05, 3.63) is 71.7 Å². The summed E-state index contributed by atoms with van der Waals surface area (Å²) in [6.07, 6.45) is 4.06. The Morgan fingerprint density at radius 1 is 0.868 bits per heavy atom. The van der Waals surface area contributed by atoms with Crippen molar-refractivity contribution in [2.45, 2.75) is 39.2 Å². The summed E-state index contributed by atoms with van der Waals surface area (Å²) < 4.78 is 21.6. The molecule has 2 aromatic carbocycles. The molecular weight excluding hydrogens is 489 g/mol. The number of nitrogens with zero attached hydrogens (tertiary/aromatic N) is 3. The SMILES string of the molecule is CCOC(=O)CCCCCn1cc(C(=O)C(=O)N2CCN(C(=O)c3ccccc3)CC2)c2c(F)cccc21. The first-order valence-corrected chi connectivity index (χ1v) is 13.0. The Labute approximate surface area is 221 Å². The van der Waals surface area contributed by atoms with Crippen molar-refractivity contribution in [2.24, 2.45) is 0 Å². The molecule has 0 aliphatic carbocycles. The van der Waals surface area contributed by atoms with E-state index in [1.165, 1.54) is 11.0 Å². The van der Waals surface area contributed by atoms with E-state index in [9.17, 15) is 23.6 Å². The Bertz CT molecular complexity index is 1310. The lowest BCUT2D eigenvalue weighted by Crippen LogP contribution is -2.52. The lowest BCUT2D eigenvalue weighted by atomic mass is 10.1. The number of esters is 1. The zero-order valence-electron chi connectivity index (χ0n) is 21.5. The summed E-state index contributed by atoms with van der Waals surface area (Å²) in [5.41, 5.74) is 1.16. The molecule has 0 bridgehead atoms. The first-order valence-electron chi connectivity index (χ1n) is 13.0. The number of ketones is 1. The minimum atomic E-state index is -0.760. The number of rotatable bonds is 10. The fourth-order valence-electron chi connectivity index (χ4n) is 4.76. The molecule has 200 valence electrons. The zero-order valence-corrected chi connectivity index (χ0v) is 21.5. The second-order valence-electron chi connectivity index (χ2n) is 9.27. The number of carbonyl (C=O) groups is 4. The molecule has 3 aromatic rings. The van der Waals surface area contributed by atoms with Crippen molar-refractivity contribution in [3.8, 4) is 0 Å². The van der Waals surface area contributed by atoms with Crippen LogP contribution >= 0.6 is 0 Å². The van der Waals surface area contributed by atoms with Gasteiger partial charge in [0.25, 0.3) is 17.6 Å². The second-order valence-corrected chi connectivity index (χ2v) is 9.27. The van der Waals surface area contributed by atoms with Gasteiger partial charge in [0.1, 0.15) is 5.82 Å². The normalized spacial score (nSPS) is 13.5. The molecule has 2 heterocycles. The highest BCUT2D eigenvalue weighted by atomic mass is 19.1. The van der Waals surface area contributed by atoms with E-state index in [1.807, 2.05) is 6.07 Å². The molecule has 0 radical (unpaired) electrons. The van der Waals surface area contributed by atoms with E-state index in [0.717, 1.165) is 12.8 Å². The van der Waals surface area contributed by atoms with E-state index in [0.29, 0.717) is 50.2 Å². The number of aromatic nitrogens is 1. The van der Waals surface area contributed by atoms with Gasteiger partial charge >= 0.3 is 5.97 Å². The van der Waals surface area contributed by atoms with Crippen molar-refractivity contribution in [2.75, 3.05) is 32.8 Å². The number of benzene rings is 2. The van der Waals surface area contributed by atoms with Gasteiger partial charge in [0, 0.05) is 56.3 Å². The smallest absolute Gasteiger partial charge is 0.305 e. The van der Waals surface area contributed by atoms with Crippen LogP contribution in [0.1, 0.15) is 53.3 Å². The largest absolute Gasteiger partial charge is 0.466 e. The van der Waals surface area contributed by atoms with E-state index < -0.39 is 17.5 Å². The molecule has 4 rings (SSSR count). The number of hydrogen-bond acceptors (Lipinski definition) is 5. The highest BCUT2D eigenvalue weighted by molar-refractivity contribution is 6.45. The van der Waals surface area contributed by atoms with Gasteiger partial charge in [-0.25, -0.2) is 4.39 Å². The Morgan fingerprint density at radius 3 is 2.29 bits per heavy atom. The van der Waals surface area contributed by atoms with Gasteiger partial charge in [0.05, 0.1) is 17.7 Å². The monoisotopic (exact) mass is 521 g/mol. The van der Waals surface area contributed by atoms with Gasteiger partial charge in [-0.1, -0.05) is 30.7 Å². The molecule has 1 aliphatic rings. The van der Waals surface area contributed by atoms with Crippen LogP contribution in [0, 0.1) is 5.82 Å². The standard InChI is InChI=1S/C29H32FN3O5/c1-2-38-25(34)14-7-4-8-15-33-20-22(26-23(30)12-9-13-24(26)33)27(35)29(37)32-18-16-31(17-19-32)28(36)21-10-5-3-6-11-21/h3,5-6,9-13,20H,2,4,7-8,14-19H2,1H3. The summed E-state index contributed by atoms with van der Waals surface area (Å²) in [5, 5.41) is 0.135.